The zero-order valence-corrected chi connectivity index (χ0v) is 14.3. The molecule has 0 amide bonds. The molecule has 1 saturated carbocycles. The van der Waals surface area contributed by atoms with Crippen LogP contribution in [0.3, 0.4) is 0 Å². The molecule has 106 valence electrons. The minimum Gasteiger partial charge on any atom is -0.310 e. The maximum atomic E-state index is 3.60. The Morgan fingerprint density at radius 1 is 1.32 bits per heavy atom. The molecule has 0 radical (unpaired) electrons. The highest BCUT2D eigenvalue weighted by atomic mass is 79.9. The van der Waals surface area contributed by atoms with E-state index in [9.17, 15) is 0 Å². The molecule has 1 aromatic carbocycles. The highest BCUT2D eigenvalue weighted by molar-refractivity contribution is 9.10. The van der Waals surface area contributed by atoms with Crippen LogP contribution in [0.4, 0.5) is 0 Å². The molecule has 2 rings (SSSR count). The number of benzene rings is 1. The van der Waals surface area contributed by atoms with E-state index in [4.69, 9.17) is 0 Å². The van der Waals surface area contributed by atoms with Gasteiger partial charge in [0.2, 0.25) is 0 Å². The summed E-state index contributed by atoms with van der Waals surface area (Å²) in [5.74, 6) is 2.22. The summed E-state index contributed by atoms with van der Waals surface area (Å²) in [4.78, 5) is 1.44. The summed E-state index contributed by atoms with van der Waals surface area (Å²) in [5.41, 5.74) is 1.43. The number of nitrogens with one attached hydrogen (secondary N) is 1. The highest BCUT2D eigenvalue weighted by Crippen LogP contribution is 2.33. The lowest BCUT2D eigenvalue weighted by molar-refractivity contribution is 0.584. The summed E-state index contributed by atoms with van der Waals surface area (Å²) < 4.78 is 1.19. The second-order valence-corrected chi connectivity index (χ2v) is 7.73. The van der Waals surface area contributed by atoms with Crippen LogP contribution >= 0.6 is 27.7 Å². The molecule has 3 heteroatoms. The van der Waals surface area contributed by atoms with E-state index in [0.717, 1.165) is 12.5 Å². The molecule has 1 fully saturated rings. The van der Waals surface area contributed by atoms with Crippen LogP contribution in [0.25, 0.3) is 0 Å². The van der Waals surface area contributed by atoms with Crippen molar-refractivity contribution < 1.29 is 0 Å². The molecule has 0 unspecified atom stereocenters. The largest absolute Gasteiger partial charge is 0.310 e. The highest BCUT2D eigenvalue weighted by Gasteiger charge is 2.16. The van der Waals surface area contributed by atoms with E-state index in [2.05, 4.69) is 53.3 Å². The smallest absolute Gasteiger partial charge is 0.0218 e. The van der Waals surface area contributed by atoms with Gasteiger partial charge in [0.25, 0.3) is 0 Å². The molecule has 1 nitrogen and oxygen atoms in total. The van der Waals surface area contributed by atoms with E-state index in [1.807, 2.05) is 11.8 Å². The lowest BCUT2D eigenvalue weighted by Gasteiger charge is -2.14. The summed E-state index contributed by atoms with van der Waals surface area (Å²) in [7, 11) is 0. The fourth-order valence-corrected chi connectivity index (χ4v) is 4.30. The van der Waals surface area contributed by atoms with Crippen molar-refractivity contribution in [3.05, 3.63) is 28.2 Å². The number of hydrogen-bond acceptors (Lipinski definition) is 2. The van der Waals surface area contributed by atoms with Crippen molar-refractivity contribution in [1.29, 1.82) is 0 Å². The first-order valence-corrected chi connectivity index (χ1v) is 9.07. The van der Waals surface area contributed by atoms with Gasteiger partial charge in [-0.2, -0.15) is 0 Å². The van der Waals surface area contributed by atoms with Crippen LogP contribution in [0.2, 0.25) is 0 Å². The first kappa shape index (κ1) is 15.4. The van der Waals surface area contributed by atoms with Crippen LogP contribution < -0.4 is 5.32 Å². The van der Waals surface area contributed by atoms with Gasteiger partial charge in [0, 0.05) is 27.7 Å². The molecule has 19 heavy (non-hydrogen) atoms. The third-order valence-electron chi connectivity index (χ3n) is 3.68. The van der Waals surface area contributed by atoms with Gasteiger partial charge in [-0.25, -0.2) is 0 Å². The monoisotopic (exact) mass is 341 g/mol. The van der Waals surface area contributed by atoms with E-state index in [1.54, 1.807) is 0 Å². The summed E-state index contributed by atoms with van der Waals surface area (Å²) in [6.07, 6.45) is 5.73. The molecule has 1 aromatic rings. The Labute approximate surface area is 130 Å². The van der Waals surface area contributed by atoms with E-state index < -0.39 is 0 Å². The SMILES string of the molecule is CC(C)NCc1ccc(Br)cc1SCC1CCCC1. The third-order valence-corrected chi connectivity index (χ3v) is 5.50. The van der Waals surface area contributed by atoms with Gasteiger partial charge in [-0.1, -0.05) is 48.7 Å². The van der Waals surface area contributed by atoms with Crippen molar-refractivity contribution in [3.8, 4) is 0 Å². The molecule has 0 aromatic heterocycles. The average molecular weight is 342 g/mol. The molecule has 0 saturated heterocycles. The van der Waals surface area contributed by atoms with Gasteiger partial charge in [0.05, 0.1) is 0 Å². The Morgan fingerprint density at radius 2 is 2.05 bits per heavy atom. The normalized spacial score (nSPS) is 16.4. The molecule has 1 aliphatic rings. The molecular weight excluding hydrogens is 318 g/mol. The van der Waals surface area contributed by atoms with Crippen molar-refractivity contribution >= 4 is 27.7 Å². The first-order chi connectivity index (χ1) is 9.15. The first-order valence-electron chi connectivity index (χ1n) is 7.30. The van der Waals surface area contributed by atoms with Crippen molar-refractivity contribution in [2.45, 2.75) is 57.0 Å². The van der Waals surface area contributed by atoms with Gasteiger partial charge >= 0.3 is 0 Å². The number of thioether (sulfide) groups is 1. The molecule has 1 N–H and O–H groups in total. The predicted molar refractivity (Wildman–Crippen MR) is 88.8 cm³/mol. The third kappa shape index (κ3) is 5.13. The van der Waals surface area contributed by atoms with E-state index in [1.165, 1.54) is 46.4 Å². The summed E-state index contributed by atoms with van der Waals surface area (Å²) in [6, 6.07) is 7.21. The van der Waals surface area contributed by atoms with Gasteiger partial charge in [0.15, 0.2) is 0 Å². The van der Waals surface area contributed by atoms with Crippen LogP contribution in [0.5, 0.6) is 0 Å². The lowest BCUT2D eigenvalue weighted by Crippen LogP contribution is -2.22. The average Bonchev–Trinajstić information content (AvgIpc) is 2.88. The molecule has 0 aliphatic heterocycles. The maximum Gasteiger partial charge on any atom is 0.0218 e. The molecule has 0 spiro atoms. The minimum absolute atomic E-state index is 0.538. The van der Waals surface area contributed by atoms with Crippen molar-refractivity contribution in [1.82, 2.24) is 5.32 Å². The molecule has 1 aliphatic carbocycles. The molecule has 0 bridgehead atoms. The van der Waals surface area contributed by atoms with Crippen LogP contribution in [0.15, 0.2) is 27.6 Å². The second kappa shape index (κ2) is 7.70. The Balaban J connectivity index is 1.97. The van der Waals surface area contributed by atoms with Crippen molar-refractivity contribution in [3.63, 3.8) is 0 Å². The van der Waals surface area contributed by atoms with E-state index >= 15 is 0 Å². The quantitative estimate of drug-likeness (QED) is 0.711. The Hall–Kier alpha value is 0.01000. The fraction of sp³-hybridized carbons (Fsp3) is 0.625. The molecular formula is C16H24BrNS. The molecule has 0 atom stereocenters. The Bertz CT molecular complexity index is 400. The van der Waals surface area contributed by atoms with Crippen LogP contribution in [0.1, 0.15) is 45.1 Å². The number of halogens is 1. The number of hydrogen-bond donors (Lipinski definition) is 1. The van der Waals surface area contributed by atoms with Gasteiger partial charge in [-0.15, -0.1) is 11.8 Å². The Morgan fingerprint density at radius 3 is 2.74 bits per heavy atom. The minimum atomic E-state index is 0.538. The molecule has 0 heterocycles. The van der Waals surface area contributed by atoms with Gasteiger partial charge in [0.1, 0.15) is 0 Å². The Kier molecular flexibility index (Phi) is 6.24. The lowest BCUT2D eigenvalue weighted by atomic mass is 10.1. The predicted octanol–water partition coefficient (Wildman–Crippen LogP) is 5.23. The second-order valence-electron chi connectivity index (χ2n) is 5.75. The number of rotatable bonds is 6. The van der Waals surface area contributed by atoms with Crippen LogP contribution in [-0.2, 0) is 6.54 Å². The van der Waals surface area contributed by atoms with Crippen molar-refractivity contribution in [2.24, 2.45) is 5.92 Å². The van der Waals surface area contributed by atoms with Gasteiger partial charge < -0.3 is 5.32 Å². The van der Waals surface area contributed by atoms with Gasteiger partial charge in [-0.3, -0.25) is 0 Å². The summed E-state index contributed by atoms with van der Waals surface area (Å²) >= 11 is 5.64. The zero-order chi connectivity index (χ0) is 13.7. The van der Waals surface area contributed by atoms with Crippen LogP contribution in [0, 0.1) is 5.92 Å². The van der Waals surface area contributed by atoms with Crippen molar-refractivity contribution in [2.75, 3.05) is 5.75 Å². The van der Waals surface area contributed by atoms with Crippen LogP contribution in [-0.4, -0.2) is 11.8 Å². The van der Waals surface area contributed by atoms with Gasteiger partial charge in [-0.05, 0) is 36.5 Å². The summed E-state index contributed by atoms with van der Waals surface area (Å²) in [6.45, 7) is 5.37. The maximum absolute atomic E-state index is 3.60. The summed E-state index contributed by atoms with van der Waals surface area (Å²) in [5, 5.41) is 3.52. The standard InChI is InChI=1S/C16H24BrNS/c1-12(2)18-10-14-7-8-15(17)9-16(14)19-11-13-5-3-4-6-13/h7-9,12-13,18H,3-6,10-11H2,1-2H3. The van der Waals surface area contributed by atoms with E-state index in [-0.39, 0.29) is 0 Å². The fourth-order valence-electron chi connectivity index (χ4n) is 2.51. The van der Waals surface area contributed by atoms with E-state index in [0.29, 0.717) is 6.04 Å². The topological polar surface area (TPSA) is 12.0 Å². The zero-order valence-electron chi connectivity index (χ0n) is 11.9.